The van der Waals surface area contributed by atoms with Crippen LogP contribution in [0.3, 0.4) is 0 Å². The van der Waals surface area contributed by atoms with Crippen LogP contribution in [0.15, 0.2) is 46.6 Å². The van der Waals surface area contributed by atoms with Gasteiger partial charge in [-0.2, -0.15) is 0 Å². The number of rotatable bonds is 6. The second kappa shape index (κ2) is 8.62. The van der Waals surface area contributed by atoms with Gasteiger partial charge in [0.1, 0.15) is 11.4 Å². The number of amides is 1. The molecule has 1 saturated heterocycles. The molecule has 1 heterocycles. The predicted molar refractivity (Wildman–Crippen MR) is 116 cm³/mol. The summed E-state index contributed by atoms with van der Waals surface area (Å²) in [6, 6.07) is 10.7. The maximum atomic E-state index is 12.9. The van der Waals surface area contributed by atoms with Crippen molar-refractivity contribution in [3.63, 3.8) is 0 Å². The van der Waals surface area contributed by atoms with E-state index in [2.05, 4.69) is 21.2 Å². The number of nitrogens with one attached hydrogen (secondary N) is 1. The Kier molecular flexibility index (Phi) is 6.21. The molecule has 2 aromatic carbocycles. The molecule has 0 bridgehead atoms. The lowest BCUT2D eigenvalue weighted by atomic mass is 10.1. The van der Waals surface area contributed by atoms with E-state index < -0.39 is 0 Å². The first-order valence-electron chi connectivity index (χ1n) is 8.50. The molecule has 0 spiro atoms. The molecule has 28 heavy (non-hydrogen) atoms. The molecule has 146 valence electrons. The zero-order chi connectivity index (χ0) is 20.3. The third-order valence-electron chi connectivity index (χ3n) is 4.09. The Morgan fingerprint density at radius 2 is 1.86 bits per heavy atom. The van der Waals surface area contributed by atoms with Crippen molar-refractivity contribution in [1.82, 2.24) is 5.32 Å². The third-order valence-corrected chi connectivity index (χ3v) is 5.06. The van der Waals surface area contributed by atoms with Gasteiger partial charge in [0.25, 0.3) is 5.91 Å². The Bertz CT molecular complexity index is 944. The van der Waals surface area contributed by atoms with Crippen LogP contribution in [0.4, 0.5) is 5.69 Å². The zero-order valence-electron chi connectivity index (χ0n) is 15.6. The molecule has 2 aromatic rings. The van der Waals surface area contributed by atoms with E-state index in [0.717, 1.165) is 10.0 Å². The topological polar surface area (TPSA) is 60.0 Å². The zero-order valence-corrected chi connectivity index (χ0v) is 18.0. The van der Waals surface area contributed by atoms with Crippen LogP contribution < -0.4 is 24.4 Å². The Morgan fingerprint density at radius 3 is 2.46 bits per heavy atom. The fourth-order valence-corrected chi connectivity index (χ4v) is 3.48. The van der Waals surface area contributed by atoms with Crippen molar-refractivity contribution in [2.24, 2.45) is 0 Å². The summed E-state index contributed by atoms with van der Waals surface area (Å²) in [5.74, 6) is 1.67. The minimum Gasteiger partial charge on any atom is -0.497 e. The number of methoxy groups -OCH3 is 2. The highest BCUT2D eigenvalue weighted by Gasteiger charge is 2.32. The van der Waals surface area contributed by atoms with Crippen LogP contribution in [0.2, 0.25) is 0 Å². The van der Waals surface area contributed by atoms with Crippen molar-refractivity contribution in [1.29, 1.82) is 0 Å². The van der Waals surface area contributed by atoms with Crippen molar-refractivity contribution in [2.45, 2.75) is 6.92 Å². The van der Waals surface area contributed by atoms with Crippen LogP contribution in [0, 0.1) is 0 Å². The highest BCUT2D eigenvalue weighted by Crippen LogP contribution is 2.35. The maximum absolute atomic E-state index is 12.9. The summed E-state index contributed by atoms with van der Waals surface area (Å²) in [5.41, 5.74) is 1.79. The van der Waals surface area contributed by atoms with Gasteiger partial charge in [-0.3, -0.25) is 9.69 Å². The number of carbonyl (C=O) groups excluding carboxylic acids is 1. The summed E-state index contributed by atoms with van der Waals surface area (Å²) in [6.45, 7) is 2.42. The van der Waals surface area contributed by atoms with Gasteiger partial charge in [-0.25, -0.2) is 0 Å². The summed E-state index contributed by atoms with van der Waals surface area (Å²) >= 11 is 8.88. The summed E-state index contributed by atoms with van der Waals surface area (Å²) in [7, 11) is 3.16. The van der Waals surface area contributed by atoms with Gasteiger partial charge in [-0.15, -0.1) is 0 Å². The highest BCUT2D eigenvalue weighted by molar-refractivity contribution is 9.10. The molecule has 0 saturated carbocycles. The van der Waals surface area contributed by atoms with Crippen molar-refractivity contribution in [3.05, 3.63) is 52.1 Å². The van der Waals surface area contributed by atoms with Gasteiger partial charge in [0.05, 0.1) is 26.5 Å². The maximum Gasteiger partial charge on any atom is 0.281 e. The summed E-state index contributed by atoms with van der Waals surface area (Å²) in [4.78, 5) is 14.4. The largest absolute Gasteiger partial charge is 0.497 e. The number of hydrogen-bond donors (Lipinski definition) is 1. The minimum absolute atomic E-state index is 0.241. The molecule has 8 heteroatoms. The van der Waals surface area contributed by atoms with Crippen molar-refractivity contribution in [2.75, 3.05) is 25.7 Å². The van der Waals surface area contributed by atoms with Gasteiger partial charge in [0.2, 0.25) is 0 Å². The second-order valence-corrected chi connectivity index (χ2v) is 7.03. The summed E-state index contributed by atoms with van der Waals surface area (Å²) < 4.78 is 16.9. The lowest BCUT2D eigenvalue weighted by Crippen LogP contribution is -2.30. The van der Waals surface area contributed by atoms with E-state index in [-0.39, 0.29) is 5.91 Å². The number of thiocarbonyl (C=S) groups is 1. The van der Waals surface area contributed by atoms with E-state index in [0.29, 0.717) is 40.4 Å². The number of carbonyl (C=O) groups is 1. The highest BCUT2D eigenvalue weighted by atomic mass is 79.9. The standard InChI is InChI=1S/C20H19BrN2O4S/c1-4-27-18-11-15(21)12(10-17(18)26-3)9-16-19(24)23(20(28)22-16)13-5-7-14(25-2)8-6-13/h5-11H,4H2,1-3H3,(H,22,28)/b16-9-. The predicted octanol–water partition coefficient (Wildman–Crippen LogP) is 4.13. The van der Waals surface area contributed by atoms with E-state index in [1.54, 1.807) is 50.6 Å². The number of anilines is 1. The van der Waals surface area contributed by atoms with Gasteiger partial charge < -0.3 is 19.5 Å². The second-order valence-electron chi connectivity index (χ2n) is 5.78. The molecule has 0 radical (unpaired) electrons. The minimum atomic E-state index is -0.241. The van der Waals surface area contributed by atoms with Crippen LogP contribution in [0.25, 0.3) is 6.08 Å². The quantitative estimate of drug-likeness (QED) is 0.514. The first kappa shape index (κ1) is 20.2. The van der Waals surface area contributed by atoms with Crippen LogP contribution in [-0.4, -0.2) is 31.8 Å². The molecule has 6 nitrogen and oxygen atoms in total. The van der Waals surface area contributed by atoms with E-state index >= 15 is 0 Å². The Morgan fingerprint density at radius 1 is 1.14 bits per heavy atom. The van der Waals surface area contributed by atoms with Gasteiger partial charge >= 0.3 is 0 Å². The van der Waals surface area contributed by atoms with Crippen molar-refractivity contribution < 1.29 is 19.0 Å². The van der Waals surface area contributed by atoms with Gasteiger partial charge in [-0.1, -0.05) is 15.9 Å². The van der Waals surface area contributed by atoms with E-state index in [1.807, 2.05) is 13.0 Å². The Hall–Kier alpha value is -2.58. The molecule has 0 unspecified atom stereocenters. The number of ether oxygens (including phenoxy) is 3. The number of hydrogen-bond acceptors (Lipinski definition) is 5. The average molecular weight is 463 g/mol. The van der Waals surface area contributed by atoms with E-state index in [1.165, 1.54) is 4.90 Å². The van der Waals surface area contributed by atoms with Crippen LogP contribution in [0.5, 0.6) is 17.2 Å². The van der Waals surface area contributed by atoms with E-state index in [9.17, 15) is 4.79 Å². The fourth-order valence-electron chi connectivity index (χ4n) is 2.75. The molecule has 1 aliphatic heterocycles. The smallest absolute Gasteiger partial charge is 0.281 e. The van der Waals surface area contributed by atoms with Crippen molar-refractivity contribution >= 4 is 50.9 Å². The normalized spacial score (nSPS) is 15.0. The number of nitrogens with zero attached hydrogens (tertiary/aromatic N) is 1. The molecule has 1 N–H and O–H groups in total. The lowest BCUT2D eigenvalue weighted by molar-refractivity contribution is -0.113. The molecule has 0 atom stereocenters. The van der Waals surface area contributed by atoms with Crippen LogP contribution >= 0.6 is 28.1 Å². The third kappa shape index (κ3) is 3.98. The monoisotopic (exact) mass is 462 g/mol. The SMILES string of the molecule is CCOc1cc(Br)c(/C=C2\NC(=S)N(c3ccc(OC)cc3)C2=O)cc1OC. The summed E-state index contributed by atoms with van der Waals surface area (Å²) in [6.07, 6.45) is 1.72. The summed E-state index contributed by atoms with van der Waals surface area (Å²) in [5, 5.41) is 3.29. The Labute approximate surface area is 177 Å². The molecule has 0 aliphatic carbocycles. The first-order chi connectivity index (χ1) is 13.5. The molecule has 1 fully saturated rings. The van der Waals surface area contributed by atoms with Gasteiger partial charge in [-0.05, 0) is 67.2 Å². The lowest BCUT2D eigenvalue weighted by Gasteiger charge is -2.14. The van der Waals surface area contributed by atoms with E-state index in [4.69, 9.17) is 26.4 Å². The number of halogens is 1. The molecular weight excluding hydrogens is 444 g/mol. The first-order valence-corrected chi connectivity index (χ1v) is 9.70. The molecule has 1 aliphatic rings. The van der Waals surface area contributed by atoms with Gasteiger partial charge in [0, 0.05) is 4.47 Å². The van der Waals surface area contributed by atoms with Crippen LogP contribution in [-0.2, 0) is 4.79 Å². The number of benzene rings is 2. The molecule has 1 amide bonds. The molecule has 3 rings (SSSR count). The Balaban J connectivity index is 1.93. The molecule has 0 aromatic heterocycles. The molecular formula is C20H19BrN2O4S. The van der Waals surface area contributed by atoms with Crippen LogP contribution in [0.1, 0.15) is 12.5 Å². The average Bonchev–Trinajstić information content (AvgIpc) is 2.97. The van der Waals surface area contributed by atoms with Crippen molar-refractivity contribution in [3.8, 4) is 17.2 Å². The van der Waals surface area contributed by atoms with Gasteiger partial charge in [0.15, 0.2) is 16.6 Å². The fraction of sp³-hybridized carbons (Fsp3) is 0.200.